The first kappa shape index (κ1) is 31.0. The molecule has 1 aliphatic rings. The van der Waals surface area contributed by atoms with E-state index in [1.807, 2.05) is 7.05 Å². The Kier molecular flexibility index (Phi) is 8.87. The van der Waals surface area contributed by atoms with E-state index in [2.05, 4.69) is 5.32 Å². The molecule has 1 amide bonds. The van der Waals surface area contributed by atoms with E-state index in [-0.39, 0.29) is 44.2 Å². The minimum absolute atomic E-state index is 0.0575. The average Bonchev–Trinajstić information content (AvgIpc) is 3.36. The van der Waals surface area contributed by atoms with Crippen LogP contribution >= 0.6 is 22.9 Å². The molecule has 0 unspecified atom stereocenters. The maximum Gasteiger partial charge on any atom is 0.454 e. The van der Waals surface area contributed by atoms with Gasteiger partial charge in [-0.3, -0.25) is 9.59 Å². The maximum absolute atomic E-state index is 15.2. The number of Topliss-reactive ketones (excluding diaryl/α,β-unsaturated/α-hetero) is 1. The Morgan fingerprint density at radius 3 is 2.12 bits per heavy atom. The van der Waals surface area contributed by atoms with Crippen molar-refractivity contribution in [3.05, 3.63) is 93.1 Å². The summed E-state index contributed by atoms with van der Waals surface area (Å²) in [4.78, 5) is 27.0. The molecule has 0 radical (unpaired) electrons. The number of nitrogens with zero attached hydrogens (tertiary/aromatic N) is 1. The van der Waals surface area contributed by atoms with E-state index in [4.69, 9.17) is 11.6 Å². The number of halogens is 7. The number of carbonyl (C=O) groups is 2. The first-order valence-electron chi connectivity index (χ1n) is 13.4. The molecule has 0 aliphatic heterocycles. The minimum Gasteiger partial charge on any atom is -0.330 e. The van der Waals surface area contributed by atoms with Gasteiger partial charge in [-0.05, 0) is 68.1 Å². The minimum atomic E-state index is -5.01. The molecular weight excluding hydrogens is 614 g/mol. The quantitative estimate of drug-likeness (QED) is 0.163. The lowest BCUT2D eigenvalue weighted by atomic mass is 9.89. The highest BCUT2D eigenvalue weighted by Gasteiger charge is 2.39. The Hall–Kier alpha value is -3.41. The summed E-state index contributed by atoms with van der Waals surface area (Å²) in [5, 5.41) is 2.82. The summed E-state index contributed by atoms with van der Waals surface area (Å²) >= 11 is 7.18. The summed E-state index contributed by atoms with van der Waals surface area (Å²) in [5.74, 6) is -4.66. The molecule has 12 heteroatoms. The van der Waals surface area contributed by atoms with E-state index in [1.165, 1.54) is 35.2 Å². The first-order valence-corrected chi connectivity index (χ1v) is 14.6. The van der Waals surface area contributed by atoms with Crippen LogP contribution in [0.5, 0.6) is 0 Å². The van der Waals surface area contributed by atoms with Crippen molar-refractivity contribution in [1.82, 2.24) is 10.2 Å². The molecule has 1 aliphatic carbocycles. The largest absolute Gasteiger partial charge is 0.454 e. The fourth-order valence-electron chi connectivity index (χ4n) is 5.45. The standard InChI is InChI=1S/C31H25ClF6N2O2S/c1-39-20-7-9-21(10-8-20)40(30(42)28-26(32)25-23(34)12-13-24(35)27(25)43-28)15-19-14-18(6-11-22(19)33)16-2-4-17(5-3-16)29(41)31(36,37)38/h2-6,11-14,20-21,39H,7-10,15H2,1H3. The number of alkyl halides is 3. The Balaban J connectivity index is 1.50. The van der Waals surface area contributed by atoms with Crippen LogP contribution < -0.4 is 5.32 Å². The fraction of sp³-hybridized carbons (Fsp3) is 0.290. The number of benzene rings is 3. The van der Waals surface area contributed by atoms with Gasteiger partial charge in [0.1, 0.15) is 22.3 Å². The van der Waals surface area contributed by atoms with Crippen molar-refractivity contribution >= 4 is 44.7 Å². The highest BCUT2D eigenvalue weighted by Crippen LogP contribution is 2.40. The number of carbonyl (C=O) groups excluding carboxylic acids is 2. The number of hydrogen-bond acceptors (Lipinski definition) is 4. The van der Waals surface area contributed by atoms with Gasteiger partial charge in [-0.15, -0.1) is 11.3 Å². The molecule has 3 aromatic carbocycles. The molecule has 1 fully saturated rings. The van der Waals surface area contributed by atoms with Crippen LogP contribution in [0.4, 0.5) is 26.3 Å². The van der Waals surface area contributed by atoms with Gasteiger partial charge in [0.05, 0.1) is 15.1 Å². The predicted octanol–water partition coefficient (Wildman–Crippen LogP) is 8.56. The molecule has 5 rings (SSSR count). The molecule has 0 spiro atoms. The zero-order valence-corrected chi connectivity index (χ0v) is 24.3. The average molecular weight is 639 g/mol. The summed E-state index contributed by atoms with van der Waals surface area (Å²) in [6.07, 6.45) is -2.32. The van der Waals surface area contributed by atoms with Crippen LogP contribution in [0.15, 0.2) is 54.6 Å². The van der Waals surface area contributed by atoms with Crippen molar-refractivity contribution < 1.29 is 35.9 Å². The number of fused-ring (bicyclic) bond motifs is 1. The summed E-state index contributed by atoms with van der Waals surface area (Å²) in [7, 11) is 1.85. The van der Waals surface area contributed by atoms with Crippen LogP contribution in [0.1, 0.15) is 51.3 Å². The molecule has 0 saturated heterocycles. The molecular formula is C31H25ClF6N2O2S. The fourth-order valence-corrected chi connectivity index (χ4v) is 6.95. The molecule has 43 heavy (non-hydrogen) atoms. The van der Waals surface area contributed by atoms with E-state index < -0.39 is 40.9 Å². The molecule has 4 nitrogen and oxygen atoms in total. The van der Waals surface area contributed by atoms with Gasteiger partial charge in [-0.2, -0.15) is 13.2 Å². The second-order valence-corrected chi connectivity index (χ2v) is 11.8. The highest BCUT2D eigenvalue weighted by atomic mass is 35.5. The zero-order chi connectivity index (χ0) is 31.1. The summed E-state index contributed by atoms with van der Waals surface area (Å²) < 4.78 is 82.7. The van der Waals surface area contributed by atoms with Gasteiger partial charge in [0.2, 0.25) is 0 Å². The summed E-state index contributed by atoms with van der Waals surface area (Å²) in [5.41, 5.74) is 0.496. The third-order valence-corrected chi connectivity index (χ3v) is 9.48. The van der Waals surface area contributed by atoms with Crippen molar-refractivity contribution in [2.75, 3.05) is 7.05 Å². The predicted molar refractivity (Wildman–Crippen MR) is 154 cm³/mol. The number of thiophene rings is 1. The van der Waals surface area contributed by atoms with E-state index in [1.54, 1.807) is 0 Å². The molecule has 1 saturated carbocycles. The topological polar surface area (TPSA) is 49.4 Å². The smallest absolute Gasteiger partial charge is 0.330 e. The van der Waals surface area contributed by atoms with Gasteiger partial charge in [0.15, 0.2) is 0 Å². The zero-order valence-electron chi connectivity index (χ0n) is 22.7. The molecule has 0 bridgehead atoms. The normalized spacial score (nSPS) is 17.3. The molecule has 1 N–H and O–H groups in total. The number of nitrogens with one attached hydrogen (secondary N) is 1. The van der Waals surface area contributed by atoms with Crippen LogP contribution in [0.2, 0.25) is 5.02 Å². The van der Waals surface area contributed by atoms with Crippen LogP contribution in [0.25, 0.3) is 21.2 Å². The molecule has 226 valence electrons. The van der Waals surface area contributed by atoms with Gasteiger partial charge in [-0.1, -0.05) is 41.9 Å². The van der Waals surface area contributed by atoms with E-state index in [0.29, 0.717) is 24.0 Å². The second-order valence-electron chi connectivity index (χ2n) is 10.4. The van der Waals surface area contributed by atoms with Gasteiger partial charge in [-0.25, -0.2) is 13.2 Å². The van der Waals surface area contributed by atoms with Gasteiger partial charge in [0, 0.05) is 29.8 Å². The molecule has 1 heterocycles. The van der Waals surface area contributed by atoms with Crippen molar-refractivity contribution in [2.24, 2.45) is 0 Å². The van der Waals surface area contributed by atoms with E-state index in [9.17, 15) is 31.5 Å². The Bertz CT molecular complexity index is 1680. The van der Waals surface area contributed by atoms with Gasteiger partial charge >= 0.3 is 6.18 Å². The van der Waals surface area contributed by atoms with Gasteiger partial charge in [0.25, 0.3) is 11.7 Å². The Labute approximate surface area is 252 Å². The molecule has 1 aromatic heterocycles. The third kappa shape index (κ3) is 6.30. The van der Waals surface area contributed by atoms with Crippen molar-refractivity contribution in [2.45, 2.75) is 50.5 Å². The SMILES string of the molecule is CNC1CCC(N(Cc2cc(-c3ccc(C(=O)C(F)(F)F)cc3)ccc2F)C(=O)c2sc3c(F)ccc(F)c3c2Cl)CC1. The van der Waals surface area contributed by atoms with Crippen LogP contribution in [-0.2, 0) is 6.54 Å². The number of ketones is 1. The summed E-state index contributed by atoms with van der Waals surface area (Å²) in [6.45, 7) is -0.187. The monoisotopic (exact) mass is 638 g/mol. The Morgan fingerprint density at radius 1 is 0.907 bits per heavy atom. The molecule has 0 atom stereocenters. The summed E-state index contributed by atoms with van der Waals surface area (Å²) in [6, 6.07) is 10.7. The van der Waals surface area contributed by atoms with Crippen LogP contribution in [0, 0.1) is 17.5 Å². The number of amides is 1. The van der Waals surface area contributed by atoms with E-state index in [0.717, 1.165) is 48.4 Å². The van der Waals surface area contributed by atoms with Crippen LogP contribution in [0.3, 0.4) is 0 Å². The lowest BCUT2D eigenvalue weighted by molar-refractivity contribution is -0.0885. The van der Waals surface area contributed by atoms with Crippen molar-refractivity contribution in [3.63, 3.8) is 0 Å². The Morgan fingerprint density at radius 2 is 1.51 bits per heavy atom. The van der Waals surface area contributed by atoms with Crippen molar-refractivity contribution in [1.29, 1.82) is 0 Å². The number of rotatable bonds is 7. The third-order valence-electron chi connectivity index (χ3n) is 7.81. The lowest BCUT2D eigenvalue weighted by Crippen LogP contribution is -2.44. The molecule has 4 aromatic rings. The maximum atomic E-state index is 15.2. The highest BCUT2D eigenvalue weighted by molar-refractivity contribution is 7.21. The number of hydrogen-bond donors (Lipinski definition) is 1. The first-order chi connectivity index (χ1) is 20.4. The second kappa shape index (κ2) is 12.3. The van der Waals surface area contributed by atoms with Crippen molar-refractivity contribution in [3.8, 4) is 11.1 Å². The van der Waals surface area contributed by atoms with Gasteiger partial charge < -0.3 is 10.2 Å². The van der Waals surface area contributed by atoms with Crippen LogP contribution in [-0.4, -0.2) is 41.9 Å². The van der Waals surface area contributed by atoms with E-state index >= 15 is 4.39 Å². The lowest BCUT2D eigenvalue weighted by Gasteiger charge is -2.37.